The van der Waals surface area contributed by atoms with Gasteiger partial charge in [0, 0.05) is 12.5 Å². The van der Waals surface area contributed by atoms with Gasteiger partial charge in [0.15, 0.2) is 5.13 Å². The molecular formula is C20H26N2O3S. The Hall–Kier alpha value is -1.66. The van der Waals surface area contributed by atoms with Gasteiger partial charge in [0.1, 0.15) is 11.3 Å². The molecule has 0 N–H and O–H groups in total. The van der Waals surface area contributed by atoms with Crippen molar-refractivity contribution in [3.05, 3.63) is 18.2 Å². The molecule has 4 rings (SSSR count). The van der Waals surface area contributed by atoms with Gasteiger partial charge in [-0.05, 0) is 44.7 Å². The first-order valence-corrected chi connectivity index (χ1v) is 10.5. The molecule has 0 bridgehead atoms. The molecule has 1 amide bonds. The molecular weight excluding hydrogens is 348 g/mol. The minimum absolute atomic E-state index is 0.124. The maximum absolute atomic E-state index is 13.2. The van der Waals surface area contributed by atoms with Gasteiger partial charge in [-0.2, -0.15) is 0 Å². The van der Waals surface area contributed by atoms with Crippen LogP contribution in [0.5, 0.6) is 5.75 Å². The third kappa shape index (κ3) is 3.58. The van der Waals surface area contributed by atoms with Crippen molar-refractivity contribution < 1.29 is 14.3 Å². The van der Waals surface area contributed by atoms with E-state index in [2.05, 4.69) is 0 Å². The van der Waals surface area contributed by atoms with Crippen molar-refractivity contribution in [2.45, 2.75) is 51.6 Å². The number of aromatic nitrogens is 1. The second-order valence-corrected chi connectivity index (χ2v) is 8.11. The number of hydrogen-bond acceptors (Lipinski definition) is 5. The molecule has 1 aromatic carbocycles. The average molecular weight is 375 g/mol. The number of thiazole rings is 1. The van der Waals surface area contributed by atoms with Crippen molar-refractivity contribution in [2.75, 3.05) is 24.7 Å². The highest BCUT2D eigenvalue weighted by Crippen LogP contribution is 2.36. The molecule has 1 aliphatic heterocycles. The minimum atomic E-state index is 0.124. The predicted octanol–water partition coefficient (Wildman–Crippen LogP) is 4.40. The van der Waals surface area contributed by atoms with E-state index in [1.54, 1.807) is 11.3 Å². The Balaban J connectivity index is 1.66. The average Bonchev–Trinajstić information content (AvgIpc) is 3.40. The summed E-state index contributed by atoms with van der Waals surface area (Å²) in [5.74, 6) is 1.14. The summed E-state index contributed by atoms with van der Waals surface area (Å²) < 4.78 is 12.6. The number of benzene rings is 1. The molecule has 1 aliphatic carbocycles. The monoisotopic (exact) mass is 374 g/mol. The summed E-state index contributed by atoms with van der Waals surface area (Å²) in [4.78, 5) is 19.9. The first-order valence-electron chi connectivity index (χ1n) is 9.71. The maximum Gasteiger partial charge on any atom is 0.231 e. The van der Waals surface area contributed by atoms with Gasteiger partial charge in [0.05, 0.1) is 24.0 Å². The summed E-state index contributed by atoms with van der Waals surface area (Å²) in [6.45, 7) is 3.98. The fraction of sp³-hybridized carbons (Fsp3) is 0.600. The zero-order valence-electron chi connectivity index (χ0n) is 15.3. The molecule has 2 heterocycles. The van der Waals surface area contributed by atoms with Crippen LogP contribution in [0, 0.1) is 5.92 Å². The van der Waals surface area contributed by atoms with E-state index in [0.717, 1.165) is 66.2 Å². The number of anilines is 1. The van der Waals surface area contributed by atoms with Crippen LogP contribution < -0.4 is 9.64 Å². The second-order valence-electron chi connectivity index (χ2n) is 7.10. The lowest BCUT2D eigenvalue weighted by atomic mass is 10.1. The van der Waals surface area contributed by atoms with Crippen molar-refractivity contribution >= 4 is 32.6 Å². The van der Waals surface area contributed by atoms with Gasteiger partial charge in [-0.3, -0.25) is 9.69 Å². The first kappa shape index (κ1) is 17.7. The summed E-state index contributed by atoms with van der Waals surface area (Å²) in [6, 6.07) is 5.97. The molecule has 2 fully saturated rings. The van der Waals surface area contributed by atoms with Gasteiger partial charge >= 0.3 is 0 Å². The molecule has 1 saturated carbocycles. The number of carbonyl (C=O) groups is 1. The standard InChI is InChI=1S/C20H26N2O3S/c1-2-24-16-10-5-11-17-18(16)21-20(26-17)22(13-15-9-6-12-25-15)19(23)14-7-3-4-8-14/h5,10-11,14-15H,2-4,6-9,12-13H2,1H3. The fourth-order valence-corrected chi connectivity index (χ4v) is 4.94. The van der Waals surface area contributed by atoms with Gasteiger partial charge in [-0.15, -0.1) is 0 Å². The third-order valence-corrected chi connectivity index (χ3v) is 6.33. The summed E-state index contributed by atoms with van der Waals surface area (Å²) >= 11 is 1.57. The van der Waals surface area contributed by atoms with Crippen molar-refractivity contribution in [1.29, 1.82) is 0 Å². The lowest BCUT2D eigenvalue weighted by molar-refractivity contribution is -0.122. The number of carbonyl (C=O) groups excluding carboxylic acids is 1. The lowest BCUT2D eigenvalue weighted by Gasteiger charge is -2.25. The van der Waals surface area contributed by atoms with E-state index in [-0.39, 0.29) is 17.9 Å². The molecule has 2 aliphatic rings. The number of hydrogen-bond donors (Lipinski definition) is 0. The van der Waals surface area contributed by atoms with Crippen LogP contribution >= 0.6 is 11.3 Å². The minimum Gasteiger partial charge on any atom is -0.492 e. The number of nitrogens with zero attached hydrogens (tertiary/aromatic N) is 2. The molecule has 1 atom stereocenters. The van der Waals surface area contributed by atoms with Crippen LogP contribution in [-0.2, 0) is 9.53 Å². The number of amides is 1. The van der Waals surface area contributed by atoms with E-state index in [1.807, 2.05) is 30.0 Å². The zero-order chi connectivity index (χ0) is 17.9. The predicted molar refractivity (Wildman–Crippen MR) is 104 cm³/mol. The normalized spacial score (nSPS) is 20.7. The van der Waals surface area contributed by atoms with E-state index < -0.39 is 0 Å². The Morgan fingerprint density at radius 3 is 2.88 bits per heavy atom. The number of para-hydroxylation sites is 1. The molecule has 1 aromatic heterocycles. The summed E-state index contributed by atoms with van der Waals surface area (Å²) in [5.41, 5.74) is 0.853. The SMILES string of the molecule is CCOc1cccc2sc(N(CC3CCCO3)C(=O)C3CCCC3)nc12. The van der Waals surface area contributed by atoms with E-state index in [9.17, 15) is 4.79 Å². The van der Waals surface area contributed by atoms with Crippen LogP contribution in [0.25, 0.3) is 10.2 Å². The second kappa shape index (κ2) is 7.92. The number of ether oxygens (including phenoxy) is 2. The molecule has 1 unspecified atom stereocenters. The maximum atomic E-state index is 13.2. The smallest absolute Gasteiger partial charge is 0.231 e. The Morgan fingerprint density at radius 2 is 2.15 bits per heavy atom. The molecule has 26 heavy (non-hydrogen) atoms. The van der Waals surface area contributed by atoms with Crippen LogP contribution in [0.4, 0.5) is 5.13 Å². The van der Waals surface area contributed by atoms with Gasteiger partial charge < -0.3 is 9.47 Å². The van der Waals surface area contributed by atoms with E-state index in [4.69, 9.17) is 14.5 Å². The largest absolute Gasteiger partial charge is 0.492 e. The molecule has 0 spiro atoms. The highest BCUT2D eigenvalue weighted by Gasteiger charge is 2.32. The van der Waals surface area contributed by atoms with Crippen LogP contribution in [0.15, 0.2) is 18.2 Å². The highest BCUT2D eigenvalue weighted by atomic mass is 32.1. The topological polar surface area (TPSA) is 51.7 Å². The van der Waals surface area contributed by atoms with Gasteiger partial charge in [-0.1, -0.05) is 30.2 Å². The number of rotatable bonds is 6. The molecule has 0 radical (unpaired) electrons. The van der Waals surface area contributed by atoms with E-state index >= 15 is 0 Å². The summed E-state index contributed by atoms with van der Waals surface area (Å²) in [7, 11) is 0. The van der Waals surface area contributed by atoms with Crippen molar-refractivity contribution in [3.8, 4) is 5.75 Å². The van der Waals surface area contributed by atoms with Gasteiger partial charge in [0.2, 0.25) is 5.91 Å². The molecule has 6 heteroatoms. The van der Waals surface area contributed by atoms with Crippen molar-refractivity contribution in [1.82, 2.24) is 4.98 Å². The molecule has 5 nitrogen and oxygen atoms in total. The number of fused-ring (bicyclic) bond motifs is 1. The van der Waals surface area contributed by atoms with Crippen LogP contribution in [0.1, 0.15) is 45.4 Å². The van der Waals surface area contributed by atoms with Crippen LogP contribution in [-0.4, -0.2) is 36.8 Å². The van der Waals surface area contributed by atoms with Crippen molar-refractivity contribution in [3.63, 3.8) is 0 Å². The highest BCUT2D eigenvalue weighted by molar-refractivity contribution is 7.22. The van der Waals surface area contributed by atoms with Gasteiger partial charge in [0.25, 0.3) is 0 Å². The zero-order valence-corrected chi connectivity index (χ0v) is 16.1. The van der Waals surface area contributed by atoms with Crippen molar-refractivity contribution in [2.24, 2.45) is 5.92 Å². The first-order chi connectivity index (χ1) is 12.8. The Bertz CT molecular complexity index is 764. The van der Waals surface area contributed by atoms with E-state index in [0.29, 0.717) is 13.2 Å². The molecule has 1 saturated heterocycles. The van der Waals surface area contributed by atoms with Gasteiger partial charge in [-0.25, -0.2) is 4.98 Å². The lowest BCUT2D eigenvalue weighted by Crippen LogP contribution is -2.40. The van der Waals surface area contributed by atoms with E-state index in [1.165, 1.54) is 0 Å². The van der Waals surface area contributed by atoms with Crippen LogP contribution in [0.3, 0.4) is 0 Å². The Morgan fingerprint density at radius 1 is 1.31 bits per heavy atom. The summed E-state index contributed by atoms with van der Waals surface area (Å²) in [5, 5.41) is 0.777. The third-order valence-electron chi connectivity index (χ3n) is 5.28. The fourth-order valence-electron chi connectivity index (χ4n) is 3.95. The Kier molecular flexibility index (Phi) is 5.41. The summed E-state index contributed by atoms with van der Waals surface area (Å²) in [6.07, 6.45) is 6.51. The quantitative estimate of drug-likeness (QED) is 0.752. The molecule has 140 valence electrons. The Labute approximate surface area is 158 Å². The van der Waals surface area contributed by atoms with Crippen LogP contribution in [0.2, 0.25) is 0 Å². The molecule has 2 aromatic rings.